The molecule has 0 aliphatic heterocycles. The van der Waals surface area contributed by atoms with E-state index in [1.165, 1.54) is 32.1 Å². The van der Waals surface area contributed by atoms with Gasteiger partial charge in [0, 0.05) is 11.6 Å². The highest BCUT2D eigenvalue weighted by molar-refractivity contribution is 5.48. The van der Waals surface area contributed by atoms with Gasteiger partial charge in [-0.3, -0.25) is 0 Å². The zero-order valence-electron chi connectivity index (χ0n) is 12.9. The Bertz CT molecular complexity index is 425. The van der Waals surface area contributed by atoms with Crippen molar-refractivity contribution >= 4 is 0 Å². The maximum absolute atomic E-state index is 6.52. The molecule has 0 spiro atoms. The quantitative estimate of drug-likeness (QED) is 0.887. The molecule has 1 saturated carbocycles. The van der Waals surface area contributed by atoms with E-state index in [4.69, 9.17) is 15.2 Å². The van der Waals surface area contributed by atoms with Gasteiger partial charge >= 0.3 is 0 Å². The average Bonchev–Trinajstić information content (AvgIpc) is 2.53. The van der Waals surface area contributed by atoms with E-state index in [2.05, 4.69) is 13.0 Å². The molecule has 0 bridgehead atoms. The molecule has 0 saturated heterocycles. The van der Waals surface area contributed by atoms with Gasteiger partial charge < -0.3 is 15.2 Å². The fourth-order valence-corrected chi connectivity index (χ4v) is 3.38. The van der Waals surface area contributed by atoms with Gasteiger partial charge in [0.05, 0.1) is 14.2 Å². The van der Waals surface area contributed by atoms with Crippen LogP contribution in [0, 0.1) is 11.8 Å². The summed E-state index contributed by atoms with van der Waals surface area (Å²) in [6, 6.07) is 6.02. The average molecular weight is 277 g/mol. The Morgan fingerprint density at radius 2 is 1.85 bits per heavy atom. The molecule has 1 aromatic rings. The summed E-state index contributed by atoms with van der Waals surface area (Å²) in [5, 5.41) is 0. The molecule has 0 radical (unpaired) electrons. The summed E-state index contributed by atoms with van der Waals surface area (Å²) in [5.74, 6) is 3.01. The highest BCUT2D eigenvalue weighted by Gasteiger charge is 2.28. The first-order valence-corrected chi connectivity index (χ1v) is 7.67. The normalized spacial score (nSPS) is 24.2. The van der Waals surface area contributed by atoms with Crippen LogP contribution in [-0.4, -0.2) is 14.2 Å². The van der Waals surface area contributed by atoms with Crippen molar-refractivity contribution < 1.29 is 9.47 Å². The number of methoxy groups -OCH3 is 2. The van der Waals surface area contributed by atoms with Crippen molar-refractivity contribution in [3.05, 3.63) is 23.8 Å². The third-order valence-electron chi connectivity index (χ3n) is 4.77. The van der Waals surface area contributed by atoms with Crippen LogP contribution in [-0.2, 0) is 0 Å². The van der Waals surface area contributed by atoms with E-state index in [1.807, 2.05) is 12.1 Å². The van der Waals surface area contributed by atoms with Gasteiger partial charge in [0.2, 0.25) is 0 Å². The van der Waals surface area contributed by atoms with Gasteiger partial charge in [-0.1, -0.05) is 38.3 Å². The van der Waals surface area contributed by atoms with Crippen molar-refractivity contribution in [2.24, 2.45) is 17.6 Å². The second-order valence-corrected chi connectivity index (χ2v) is 5.80. The monoisotopic (exact) mass is 277 g/mol. The Morgan fingerprint density at radius 1 is 1.15 bits per heavy atom. The molecule has 20 heavy (non-hydrogen) atoms. The second kappa shape index (κ2) is 6.98. The smallest absolute Gasteiger partial charge is 0.165 e. The topological polar surface area (TPSA) is 44.5 Å². The summed E-state index contributed by atoms with van der Waals surface area (Å²) in [4.78, 5) is 0. The van der Waals surface area contributed by atoms with Crippen LogP contribution in [0.2, 0.25) is 0 Å². The SMILES string of the molecule is CCC1CCC(C(N)c2cccc(OC)c2OC)CC1. The van der Waals surface area contributed by atoms with Crippen LogP contribution >= 0.6 is 0 Å². The number of ether oxygens (including phenoxy) is 2. The molecule has 2 rings (SSSR count). The molecule has 112 valence electrons. The fourth-order valence-electron chi connectivity index (χ4n) is 3.38. The zero-order chi connectivity index (χ0) is 14.5. The third kappa shape index (κ3) is 3.09. The number of nitrogens with two attached hydrogens (primary N) is 1. The third-order valence-corrected chi connectivity index (χ3v) is 4.77. The van der Waals surface area contributed by atoms with E-state index >= 15 is 0 Å². The highest BCUT2D eigenvalue weighted by atomic mass is 16.5. The van der Waals surface area contributed by atoms with Crippen molar-refractivity contribution in [3.8, 4) is 11.5 Å². The molecular weight excluding hydrogens is 250 g/mol. The summed E-state index contributed by atoms with van der Waals surface area (Å²) in [5.41, 5.74) is 7.60. The Morgan fingerprint density at radius 3 is 2.40 bits per heavy atom. The standard InChI is InChI=1S/C17H27NO2/c1-4-12-8-10-13(11-9-12)16(18)14-6-5-7-15(19-2)17(14)20-3/h5-7,12-13,16H,4,8-11,18H2,1-3H3. The van der Waals surface area contributed by atoms with Crippen molar-refractivity contribution in [3.63, 3.8) is 0 Å². The van der Waals surface area contributed by atoms with Crippen LogP contribution in [0.1, 0.15) is 50.6 Å². The van der Waals surface area contributed by atoms with Crippen molar-refractivity contribution in [1.29, 1.82) is 0 Å². The summed E-state index contributed by atoms with van der Waals surface area (Å²) in [7, 11) is 3.35. The van der Waals surface area contributed by atoms with Crippen LogP contribution in [0.15, 0.2) is 18.2 Å². The minimum atomic E-state index is 0.0397. The molecule has 0 amide bonds. The van der Waals surface area contributed by atoms with Gasteiger partial charge in [0.25, 0.3) is 0 Å². The van der Waals surface area contributed by atoms with E-state index in [0.29, 0.717) is 5.92 Å². The minimum absolute atomic E-state index is 0.0397. The van der Waals surface area contributed by atoms with Crippen LogP contribution in [0.25, 0.3) is 0 Å². The van der Waals surface area contributed by atoms with Gasteiger partial charge in [-0.05, 0) is 30.7 Å². The molecular formula is C17H27NO2. The predicted octanol–water partition coefficient (Wildman–Crippen LogP) is 3.92. The molecule has 1 atom stereocenters. The van der Waals surface area contributed by atoms with E-state index in [1.54, 1.807) is 14.2 Å². The molecule has 3 nitrogen and oxygen atoms in total. The molecule has 1 aliphatic carbocycles. The Labute approximate surface area is 122 Å². The Hall–Kier alpha value is -1.22. The first-order valence-electron chi connectivity index (χ1n) is 7.67. The zero-order valence-corrected chi connectivity index (χ0v) is 12.9. The molecule has 0 aromatic heterocycles. The summed E-state index contributed by atoms with van der Waals surface area (Å²) in [6.07, 6.45) is 6.35. The molecule has 1 unspecified atom stereocenters. The van der Waals surface area contributed by atoms with Crippen molar-refractivity contribution in [2.75, 3.05) is 14.2 Å². The summed E-state index contributed by atoms with van der Waals surface area (Å²) in [6.45, 7) is 2.29. The predicted molar refractivity (Wildman–Crippen MR) is 82.2 cm³/mol. The lowest BCUT2D eigenvalue weighted by molar-refractivity contribution is 0.236. The van der Waals surface area contributed by atoms with E-state index in [-0.39, 0.29) is 6.04 Å². The maximum Gasteiger partial charge on any atom is 0.165 e. The van der Waals surface area contributed by atoms with Crippen LogP contribution in [0.3, 0.4) is 0 Å². The van der Waals surface area contributed by atoms with Gasteiger partial charge in [-0.25, -0.2) is 0 Å². The lowest BCUT2D eigenvalue weighted by Crippen LogP contribution is -2.26. The summed E-state index contributed by atoms with van der Waals surface area (Å²) < 4.78 is 10.9. The summed E-state index contributed by atoms with van der Waals surface area (Å²) >= 11 is 0. The Kier molecular flexibility index (Phi) is 5.30. The molecule has 1 aromatic carbocycles. The largest absolute Gasteiger partial charge is 0.493 e. The molecule has 3 heteroatoms. The van der Waals surface area contributed by atoms with Gasteiger partial charge in [-0.2, -0.15) is 0 Å². The van der Waals surface area contributed by atoms with Gasteiger partial charge in [0.15, 0.2) is 11.5 Å². The van der Waals surface area contributed by atoms with E-state index < -0.39 is 0 Å². The molecule has 1 aliphatic rings. The van der Waals surface area contributed by atoms with Gasteiger partial charge in [0.1, 0.15) is 0 Å². The van der Waals surface area contributed by atoms with Crippen LogP contribution < -0.4 is 15.2 Å². The first kappa shape index (κ1) is 15.2. The number of hydrogen-bond acceptors (Lipinski definition) is 3. The first-order chi connectivity index (χ1) is 9.71. The molecule has 2 N–H and O–H groups in total. The Balaban J connectivity index is 2.15. The number of benzene rings is 1. The van der Waals surface area contributed by atoms with E-state index in [9.17, 15) is 0 Å². The van der Waals surface area contributed by atoms with Crippen molar-refractivity contribution in [1.82, 2.24) is 0 Å². The lowest BCUT2D eigenvalue weighted by atomic mass is 9.76. The number of para-hydroxylation sites is 1. The minimum Gasteiger partial charge on any atom is -0.493 e. The fraction of sp³-hybridized carbons (Fsp3) is 0.647. The van der Waals surface area contributed by atoms with Crippen LogP contribution in [0.5, 0.6) is 11.5 Å². The second-order valence-electron chi connectivity index (χ2n) is 5.80. The van der Waals surface area contributed by atoms with E-state index in [0.717, 1.165) is 23.0 Å². The molecule has 0 heterocycles. The molecule has 1 fully saturated rings. The maximum atomic E-state index is 6.52. The number of rotatable bonds is 5. The number of hydrogen-bond donors (Lipinski definition) is 1. The van der Waals surface area contributed by atoms with Gasteiger partial charge in [-0.15, -0.1) is 0 Å². The van der Waals surface area contributed by atoms with Crippen molar-refractivity contribution in [2.45, 2.75) is 45.1 Å². The van der Waals surface area contributed by atoms with Crippen LogP contribution in [0.4, 0.5) is 0 Å². The lowest BCUT2D eigenvalue weighted by Gasteiger charge is -2.32. The highest BCUT2D eigenvalue weighted by Crippen LogP contribution is 2.41.